The van der Waals surface area contributed by atoms with E-state index in [0.717, 1.165) is 28.3 Å². The predicted molar refractivity (Wildman–Crippen MR) is 114 cm³/mol. The fourth-order valence-electron chi connectivity index (χ4n) is 3.06. The third-order valence-corrected chi connectivity index (χ3v) is 4.46. The Labute approximate surface area is 175 Å². The molecule has 2 aromatic carbocycles. The molecule has 1 heterocycles. The van der Waals surface area contributed by atoms with Crippen LogP contribution in [0.15, 0.2) is 48.7 Å². The number of hydrogen-bond acceptors (Lipinski definition) is 6. The van der Waals surface area contributed by atoms with Crippen molar-refractivity contribution in [3.63, 3.8) is 0 Å². The van der Waals surface area contributed by atoms with E-state index in [2.05, 4.69) is 21.4 Å². The van der Waals surface area contributed by atoms with Crippen molar-refractivity contribution in [2.24, 2.45) is 0 Å². The molecule has 3 rings (SSSR count). The number of aromatic nitrogens is 2. The molecule has 0 amide bonds. The molecular formula is C23H24N4O3. The molecule has 0 fully saturated rings. The van der Waals surface area contributed by atoms with Crippen molar-refractivity contribution in [1.29, 1.82) is 5.26 Å². The van der Waals surface area contributed by atoms with E-state index in [9.17, 15) is 4.79 Å². The van der Waals surface area contributed by atoms with Crippen LogP contribution in [0.1, 0.15) is 36.8 Å². The molecule has 1 atom stereocenters. The highest BCUT2D eigenvalue weighted by Gasteiger charge is 2.17. The zero-order valence-electron chi connectivity index (χ0n) is 17.2. The SMILES string of the molecule is CCOc1cc(-c2cnc(C)[nH]2)cc(C(COC(C)=O)Nc2ccc(C#N)cc2)c1. The molecule has 154 valence electrons. The second kappa shape index (κ2) is 9.61. The van der Waals surface area contributed by atoms with Gasteiger partial charge in [-0.2, -0.15) is 5.26 Å². The summed E-state index contributed by atoms with van der Waals surface area (Å²) in [4.78, 5) is 19.0. The number of benzene rings is 2. The number of aryl methyl sites for hydroxylation is 1. The topological polar surface area (TPSA) is 100 Å². The van der Waals surface area contributed by atoms with Crippen molar-refractivity contribution < 1.29 is 14.3 Å². The van der Waals surface area contributed by atoms with Crippen LogP contribution in [-0.4, -0.2) is 29.2 Å². The van der Waals surface area contributed by atoms with Gasteiger partial charge in [-0.3, -0.25) is 4.79 Å². The Balaban J connectivity index is 1.98. The van der Waals surface area contributed by atoms with Gasteiger partial charge in [0.05, 0.1) is 36.2 Å². The van der Waals surface area contributed by atoms with E-state index in [4.69, 9.17) is 14.7 Å². The molecule has 0 aliphatic carbocycles. The first-order valence-electron chi connectivity index (χ1n) is 9.68. The molecule has 2 N–H and O–H groups in total. The van der Waals surface area contributed by atoms with Gasteiger partial charge in [0.2, 0.25) is 0 Å². The number of rotatable bonds is 8. The summed E-state index contributed by atoms with van der Waals surface area (Å²) >= 11 is 0. The van der Waals surface area contributed by atoms with Gasteiger partial charge in [0.25, 0.3) is 0 Å². The molecule has 0 aliphatic heterocycles. The fraction of sp³-hybridized carbons (Fsp3) is 0.261. The molecule has 0 saturated heterocycles. The number of nitrogens with one attached hydrogen (secondary N) is 2. The Morgan fingerprint density at radius 1 is 1.27 bits per heavy atom. The number of ether oxygens (including phenoxy) is 2. The molecule has 0 saturated carbocycles. The Hall–Kier alpha value is -3.79. The molecular weight excluding hydrogens is 380 g/mol. The van der Waals surface area contributed by atoms with Crippen molar-refractivity contribution in [2.75, 3.05) is 18.5 Å². The number of anilines is 1. The van der Waals surface area contributed by atoms with Crippen LogP contribution in [0.5, 0.6) is 5.75 Å². The number of aromatic amines is 1. The molecule has 30 heavy (non-hydrogen) atoms. The maximum atomic E-state index is 11.5. The summed E-state index contributed by atoms with van der Waals surface area (Å²) in [5.41, 5.74) is 4.08. The van der Waals surface area contributed by atoms with Crippen LogP contribution < -0.4 is 10.1 Å². The molecule has 0 aliphatic rings. The normalized spacial score (nSPS) is 11.4. The highest BCUT2D eigenvalue weighted by molar-refractivity contribution is 5.66. The van der Waals surface area contributed by atoms with E-state index in [1.165, 1.54) is 6.92 Å². The van der Waals surface area contributed by atoms with Gasteiger partial charge in [-0.15, -0.1) is 0 Å². The smallest absolute Gasteiger partial charge is 0.302 e. The van der Waals surface area contributed by atoms with Gasteiger partial charge < -0.3 is 19.8 Å². The highest BCUT2D eigenvalue weighted by atomic mass is 16.5. The Morgan fingerprint density at radius 2 is 2.03 bits per heavy atom. The van der Waals surface area contributed by atoms with Crippen LogP contribution in [0.3, 0.4) is 0 Å². The highest BCUT2D eigenvalue weighted by Crippen LogP contribution is 2.30. The van der Waals surface area contributed by atoms with Gasteiger partial charge in [-0.05, 0) is 61.9 Å². The first-order valence-corrected chi connectivity index (χ1v) is 9.68. The third-order valence-electron chi connectivity index (χ3n) is 4.46. The molecule has 0 radical (unpaired) electrons. The minimum atomic E-state index is -0.355. The van der Waals surface area contributed by atoms with E-state index in [-0.39, 0.29) is 18.6 Å². The number of nitriles is 1. The Morgan fingerprint density at radius 3 is 2.63 bits per heavy atom. The summed E-state index contributed by atoms with van der Waals surface area (Å²) in [5.74, 6) is 1.18. The van der Waals surface area contributed by atoms with E-state index < -0.39 is 0 Å². The standard InChI is InChI=1S/C23H24N4O3/c1-4-29-21-10-18(22-13-25-15(2)26-22)9-19(11-21)23(14-30-16(3)28)27-20-7-5-17(12-24)6-8-20/h5-11,13,23,27H,4,14H2,1-3H3,(H,25,26). The predicted octanol–water partition coefficient (Wildman–Crippen LogP) is 4.37. The fourth-order valence-corrected chi connectivity index (χ4v) is 3.06. The minimum Gasteiger partial charge on any atom is -0.494 e. The van der Waals surface area contributed by atoms with Crippen LogP contribution in [0.25, 0.3) is 11.3 Å². The van der Waals surface area contributed by atoms with Crippen LogP contribution in [0.4, 0.5) is 5.69 Å². The minimum absolute atomic E-state index is 0.145. The first kappa shape index (κ1) is 20.9. The summed E-state index contributed by atoms with van der Waals surface area (Å²) in [6.07, 6.45) is 1.78. The first-order chi connectivity index (χ1) is 14.5. The number of carbonyl (C=O) groups excluding carboxylic acids is 1. The van der Waals surface area contributed by atoms with Gasteiger partial charge >= 0.3 is 5.97 Å². The van der Waals surface area contributed by atoms with Crippen molar-refractivity contribution in [3.05, 3.63) is 65.6 Å². The molecule has 7 nitrogen and oxygen atoms in total. The summed E-state index contributed by atoms with van der Waals surface area (Å²) in [5, 5.41) is 12.4. The molecule has 0 spiro atoms. The molecule has 3 aromatic rings. The Kier molecular flexibility index (Phi) is 6.71. The van der Waals surface area contributed by atoms with Gasteiger partial charge in [-0.25, -0.2) is 4.98 Å². The molecule has 1 aromatic heterocycles. The molecule has 1 unspecified atom stereocenters. The summed E-state index contributed by atoms with van der Waals surface area (Å²) < 4.78 is 11.1. The van der Waals surface area contributed by atoms with Gasteiger partial charge in [-0.1, -0.05) is 0 Å². The number of esters is 1. The number of imidazole rings is 1. The Bertz CT molecular complexity index is 1050. The maximum Gasteiger partial charge on any atom is 0.302 e. The van der Waals surface area contributed by atoms with Crippen molar-refractivity contribution in [1.82, 2.24) is 9.97 Å². The lowest BCUT2D eigenvalue weighted by Crippen LogP contribution is -2.19. The average molecular weight is 404 g/mol. The van der Waals surface area contributed by atoms with E-state index in [1.807, 2.05) is 44.2 Å². The lowest BCUT2D eigenvalue weighted by atomic mass is 10.0. The maximum absolute atomic E-state index is 11.5. The van der Waals surface area contributed by atoms with Gasteiger partial charge in [0, 0.05) is 18.2 Å². The summed E-state index contributed by atoms with van der Waals surface area (Å²) in [6.45, 7) is 5.88. The van der Waals surface area contributed by atoms with Crippen molar-refractivity contribution in [2.45, 2.75) is 26.8 Å². The van der Waals surface area contributed by atoms with Crippen LogP contribution in [-0.2, 0) is 9.53 Å². The average Bonchev–Trinajstić information content (AvgIpc) is 3.18. The monoisotopic (exact) mass is 404 g/mol. The second-order valence-corrected chi connectivity index (χ2v) is 6.79. The summed E-state index contributed by atoms with van der Waals surface area (Å²) in [7, 11) is 0. The van der Waals surface area contributed by atoms with E-state index in [1.54, 1.807) is 18.3 Å². The second-order valence-electron chi connectivity index (χ2n) is 6.79. The third kappa shape index (κ3) is 5.39. The summed E-state index contributed by atoms with van der Waals surface area (Å²) in [6, 6.07) is 14.8. The number of H-pyrrole nitrogens is 1. The largest absolute Gasteiger partial charge is 0.494 e. The number of carbonyl (C=O) groups is 1. The van der Waals surface area contributed by atoms with E-state index in [0.29, 0.717) is 17.9 Å². The lowest BCUT2D eigenvalue weighted by molar-refractivity contribution is -0.141. The molecule has 7 heteroatoms. The van der Waals surface area contributed by atoms with Crippen LogP contribution in [0, 0.1) is 18.3 Å². The van der Waals surface area contributed by atoms with Gasteiger partial charge in [0.15, 0.2) is 0 Å². The quantitative estimate of drug-likeness (QED) is 0.541. The van der Waals surface area contributed by atoms with E-state index >= 15 is 0 Å². The van der Waals surface area contributed by atoms with Crippen LogP contribution in [0.2, 0.25) is 0 Å². The number of hydrogen-bond donors (Lipinski definition) is 2. The number of nitrogens with zero attached hydrogens (tertiary/aromatic N) is 2. The van der Waals surface area contributed by atoms with Crippen molar-refractivity contribution >= 4 is 11.7 Å². The van der Waals surface area contributed by atoms with Gasteiger partial charge in [0.1, 0.15) is 18.2 Å². The van der Waals surface area contributed by atoms with Crippen molar-refractivity contribution in [3.8, 4) is 23.1 Å². The zero-order chi connectivity index (χ0) is 21.5. The van der Waals surface area contributed by atoms with Crippen LogP contribution >= 0.6 is 0 Å². The zero-order valence-corrected chi connectivity index (χ0v) is 17.2. The molecule has 0 bridgehead atoms. The lowest BCUT2D eigenvalue weighted by Gasteiger charge is -2.22.